The molecule has 1 aliphatic heterocycles. The van der Waals surface area contributed by atoms with Gasteiger partial charge >= 0.3 is 0 Å². The Morgan fingerprint density at radius 1 is 1.03 bits per heavy atom. The number of hydrogen-bond donors (Lipinski definition) is 1. The minimum atomic E-state index is -0.00480. The van der Waals surface area contributed by atoms with Crippen LogP contribution in [-0.4, -0.2) is 48.1 Å². The molecule has 2 aromatic carbocycles. The third-order valence-corrected chi connectivity index (χ3v) is 5.55. The number of amides is 1. The van der Waals surface area contributed by atoms with Crippen molar-refractivity contribution in [1.29, 1.82) is 0 Å². The van der Waals surface area contributed by atoms with Gasteiger partial charge in [-0.2, -0.15) is 0 Å². The van der Waals surface area contributed by atoms with Crippen molar-refractivity contribution in [2.24, 2.45) is 5.92 Å². The van der Waals surface area contributed by atoms with E-state index in [1.54, 1.807) is 0 Å². The summed E-state index contributed by atoms with van der Waals surface area (Å²) in [6.07, 6.45) is 0.806. The second-order valence-electron chi connectivity index (χ2n) is 8.34. The van der Waals surface area contributed by atoms with Crippen molar-refractivity contribution in [2.45, 2.75) is 46.8 Å². The molecule has 0 saturated carbocycles. The van der Waals surface area contributed by atoms with Gasteiger partial charge in [-0.25, -0.2) is 10.0 Å². The zero-order valence-corrected chi connectivity index (χ0v) is 18.7. The number of nitrogens with one attached hydrogen (secondary N) is 1. The van der Waals surface area contributed by atoms with Crippen molar-refractivity contribution < 1.29 is 9.53 Å². The maximum absolute atomic E-state index is 13.2. The van der Waals surface area contributed by atoms with Crippen molar-refractivity contribution in [3.63, 3.8) is 0 Å². The fraction of sp³-hybridized carbons (Fsp3) is 0.480. The molecule has 0 aliphatic carbocycles. The summed E-state index contributed by atoms with van der Waals surface area (Å²) in [5.74, 6) is 1.22. The summed E-state index contributed by atoms with van der Waals surface area (Å²) in [6, 6.07) is 16.1. The molecule has 2 aromatic rings. The summed E-state index contributed by atoms with van der Waals surface area (Å²) >= 11 is 0. The average Bonchev–Trinajstić information content (AvgIpc) is 3.15. The van der Waals surface area contributed by atoms with Crippen molar-refractivity contribution >= 4 is 5.91 Å². The predicted octanol–water partition coefficient (Wildman–Crippen LogP) is 4.13. The second kappa shape index (κ2) is 10.6. The van der Waals surface area contributed by atoms with Gasteiger partial charge in [0.25, 0.3) is 5.91 Å². The van der Waals surface area contributed by atoms with E-state index in [0.717, 1.165) is 55.0 Å². The summed E-state index contributed by atoms with van der Waals surface area (Å²) in [5.41, 5.74) is 2.85. The Labute approximate surface area is 181 Å². The van der Waals surface area contributed by atoms with Crippen LogP contribution in [0.5, 0.6) is 5.75 Å². The molecule has 5 heteroatoms. The van der Waals surface area contributed by atoms with Gasteiger partial charge < -0.3 is 10.1 Å². The van der Waals surface area contributed by atoms with Crippen LogP contribution in [0.2, 0.25) is 0 Å². The molecule has 1 saturated heterocycles. The zero-order chi connectivity index (χ0) is 21.5. The molecule has 1 aliphatic rings. The number of ether oxygens (including phenoxy) is 1. The Bertz CT molecular complexity index is 810. The van der Waals surface area contributed by atoms with Crippen molar-refractivity contribution in [2.75, 3.05) is 26.2 Å². The van der Waals surface area contributed by atoms with Gasteiger partial charge in [0, 0.05) is 37.3 Å². The minimum absolute atomic E-state index is 0.00480. The molecule has 162 valence electrons. The highest BCUT2D eigenvalue weighted by molar-refractivity contribution is 5.96. The van der Waals surface area contributed by atoms with E-state index in [1.807, 2.05) is 36.4 Å². The van der Waals surface area contributed by atoms with Crippen molar-refractivity contribution in [3.05, 3.63) is 65.2 Å². The monoisotopic (exact) mass is 409 g/mol. The fourth-order valence-electron chi connectivity index (χ4n) is 4.08. The van der Waals surface area contributed by atoms with Crippen LogP contribution in [0.3, 0.4) is 0 Å². The molecule has 1 amide bonds. The lowest BCUT2D eigenvalue weighted by molar-refractivity contribution is 0.0388. The van der Waals surface area contributed by atoms with Crippen LogP contribution in [0.15, 0.2) is 48.5 Å². The molecule has 5 nitrogen and oxygen atoms in total. The highest BCUT2D eigenvalue weighted by Crippen LogP contribution is 2.27. The van der Waals surface area contributed by atoms with Gasteiger partial charge in [-0.05, 0) is 30.0 Å². The van der Waals surface area contributed by atoms with Crippen molar-refractivity contribution in [1.82, 2.24) is 15.3 Å². The van der Waals surface area contributed by atoms with E-state index < -0.39 is 0 Å². The predicted molar refractivity (Wildman–Crippen MR) is 122 cm³/mol. The van der Waals surface area contributed by atoms with E-state index in [2.05, 4.69) is 55.2 Å². The van der Waals surface area contributed by atoms with Gasteiger partial charge in [0.1, 0.15) is 12.4 Å². The Morgan fingerprint density at radius 2 is 1.70 bits per heavy atom. The van der Waals surface area contributed by atoms with Crippen LogP contribution >= 0.6 is 0 Å². The summed E-state index contributed by atoms with van der Waals surface area (Å²) < 4.78 is 6.16. The molecule has 0 atom stereocenters. The zero-order valence-electron chi connectivity index (χ0n) is 18.7. The molecule has 1 N–H and O–H groups in total. The lowest BCUT2D eigenvalue weighted by atomic mass is 9.96. The first-order chi connectivity index (χ1) is 14.5. The minimum Gasteiger partial charge on any atom is -0.489 e. The molecule has 1 fully saturated rings. The van der Waals surface area contributed by atoms with Gasteiger partial charge in [0.05, 0.1) is 6.04 Å². The first kappa shape index (κ1) is 22.3. The third kappa shape index (κ3) is 5.61. The van der Waals surface area contributed by atoms with E-state index in [1.165, 1.54) is 0 Å². The molecule has 0 radical (unpaired) electrons. The van der Waals surface area contributed by atoms with Crippen LogP contribution in [-0.2, 0) is 13.0 Å². The Balaban J connectivity index is 1.76. The number of hydrazine groups is 1. The maximum atomic E-state index is 13.2. The summed E-state index contributed by atoms with van der Waals surface area (Å²) in [5, 5.41) is 7.87. The molecular weight excluding hydrogens is 374 g/mol. The van der Waals surface area contributed by atoms with Crippen LogP contribution in [0.25, 0.3) is 0 Å². The largest absolute Gasteiger partial charge is 0.489 e. The number of benzene rings is 2. The maximum Gasteiger partial charge on any atom is 0.252 e. The summed E-state index contributed by atoms with van der Waals surface area (Å²) in [6.45, 7) is 12.8. The number of likely N-dealkylation sites (N-methyl/N-ethyl adjacent to an activating group) is 2. The number of nitrogens with zero attached hydrogens (tertiary/aromatic N) is 2. The van der Waals surface area contributed by atoms with Gasteiger partial charge in [-0.1, -0.05) is 64.1 Å². The van der Waals surface area contributed by atoms with Gasteiger partial charge in [0.2, 0.25) is 0 Å². The first-order valence-electron chi connectivity index (χ1n) is 11.1. The number of carbonyl (C=O) groups is 1. The second-order valence-corrected chi connectivity index (χ2v) is 8.34. The Hall–Kier alpha value is -2.37. The van der Waals surface area contributed by atoms with Crippen LogP contribution in [0.1, 0.15) is 49.2 Å². The normalized spacial score (nSPS) is 15.6. The number of rotatable bonds is 9. The summed E-state index contributed by atoms with van der Waals surface area (Å²) in [4.78, 5) is 13.2. The molecule has 3 rings (SSSR count). The smallest absolute Gasteiger partial charge is 0.252 e. The van der Waals surface area contributed by atoms with Gasteiger partial charge in [-0.15, -0.1) is 0 Å². The van der Waals surface area contributed by atoms with E-state index in [4.69, 9.17) is 4.74 Å². The molecule has 1 heterocycles. The first-order valence-corrected chi connectivity index (χ1v) is 11.1. The Kier molecular flexibility index (Phi) is 7.88. The van der Waals surface area contributed by atoms with E-state index in [-0.39, 0.29) is 11.9 Å². The Morgan fingerprint density at radius 3 is 2.30 bits per heavy atom. The van der Waals surface area contributed by atoms with E-state index >= 15 is 0 Å². The molecule has 0 bridgehead atoms. The van der Waals surface area contributed by atoms with Crippen LogP contribution in [0.4, 0.5) is 0 Å². The third-order valence-electron chi connectivity index (χ3n) is 5.55. The number of hydrogen-bond acceptors (Lipinski definition) is 4. The molecule has 0 spiro atoms. The van der Waals surface area contributed by atoms with Crippen LogP contribution < -0.4 is 10.1 Å². The van der Waals surface area contributed by atoms with Crippen molar-refractivity contribution in [3.8, 4) is 5.75 Å². The SMILES string of the molecule is CCN1CC(NC(=O)c2cccc(OCc3ccccc3)c2CC(C)C)CN1CC. The van der Waals surface area contributed by atoms with Gasteiger partial charge in [-0.3, -0.25) is 4.79 Å². The standard InChI is InChI=1S/C25H35N3O2/c1-5-27-16-21(17-28(27)6-2)26-25(29)22-13-10-14-24(23(22)15-19(3)4)30-18-20-11-8-7-9-12-20/h7-14,19,21H,5-6,15-18H2,1-4H3,(H,26,29). The lowest BCUT2D eigenvalue weighted by Crippen LogP contribution is -2.39. The highest BCUT2D eigenvalue weighted by atomic mass is 16.5. The molecular formula is C25H35N3O2. The lowest BCUT2D eigenvalue weighted by Gasteiger charge is -2.24. The van der Waals surface area contributed by atoms with E-state index in [9.17, 15) is 4.79 Å². The summed E-state index contributed by atoms with van der Waals surface area (Å²) in [7, 11) is 0. The van der Waals surface area contributed by atoms with E-state index in [0.29, 0.717) is 12.5 Å². The average molecular weight is 410 g/mol. The topological polar surface area (TPSA) is 44.8 Å². The number of carbonyl (C=O) groups excluding carboxylic acids is 1. The molecule has 0 aromatic heterocycles. The van der Waals surface area contributed by atoms with Gasteiger partial charge in [0.15, 0.2) is 0 Å². The molecule has 0 unspecified atom stereocenters. The fourth-order valence-corrected chi connectivity index (χ4v) is 4.08. The van der Waals surface area contributed by atoms with Crippen LogP contribution in [0, 0.1) is 5.92 Å². The quantitative estimate of drug-likeness (QED) is 0.676. The highest BCUT2D eigenvalue weighted by Gasteiger charge is 2.29. The molecule has 30 heavy (non-hydrogen) atoms.